The highest BCUT2D eigenvalue weighted by atomic mass is 32.1. The molecule has 0 spiro atoms. The van der Waals surface area contributed by atoms with Crippen molar-refractivity contribution in [3.8, 4) is 0 Å². The van der Waals surface area contributed by atoms with Crippen LogP contribution in [0.1, 0.15) is 36.1 Å². The van der Waals surface area contributed by atoms with E-state index in [1.807, 2.05) is 23.5 Å². The molecule has 0 radical (unpaired) electrons. The number of amides is 1. The third kappa shape index (κ3) is 5.18. The number of rotatable bonds is 7. The summed E-state index contributed by atoms with van der Waals surface area (Å²) in [6, 6.07) is 14.8. The first-order valence-corrected chi connectivity index (χ1v) is 10.9. The number of likely N-dealkylation sites (tertiary alicyclic amines) is 1. The lowest BCUT2D eigenvalue weighted by Gasteiger charge is -2.31. The van der Waals surface area contributed by atoms with Crippen molar-refractivity contribution in [1.29, 1.82) is 0 Å². The summed E-state index contributed by atoms with van der Waals surface area (Å²) in [7, 11) is 0. The molecule has 5 heteroatoms. The summed E-state index contributed by atoms with van der Waals surface area (Å²) in [6.45, 7) is 3.89. The second-order valence-corrected chi connectivity index (χ2v) is 8.82. The van der Waals surface area contributed by atoms with Crippen molar-refractivity contribution in [1.82, 2.24) is 15.2 Å². The Kier molecular flexibility index (Phi) is 6.34. The minimum absolute atomic E-state index is 0.150. The number of carbonyl (C=O) groups is 1. The van der Waals surface area contributed by atoms with E-state index in [0.29, 0.717) is 18.9 Å². The maximum Gasteiger partial charge on any atom is 0.220 e. The zero-order valence-corrected chi connectivity index (χ0v) is 17.0. The van der Waals surface area contributed by atoms with E-state index in [9.17, 15) is 4.79 Å². The number of nitrogens with one attached hydrogen (secondary N) is 1. The van der Waals surface area contributed by atoms with Crippen molar-refractivity contribution in [2.75, 3.05) is 13.1 Å². The van der Waals surface area contributed by atoms with Gasteiger partial charge in [-0.25, -0.2) is 0 Å². The number of aromatic nitrogens is 1. The van der Waals surface area contributed by atoms with E-state index in [1.165, 1.54) is 27.8 Å². The molecule has 146 valence electrons. The van der Waals surface area contributed by atoms with Gasteiger partial charge in [0.05, 0.1) is 0 Å². The molecule has 1 amide bonds. The van der Waals surface area contributed by atoms with Crippen LogP contribution in [0.3, 0.4) is 0 Å². The molecule has 1 aromatic carbocycles. The fourth-order valence-electron chi connectivity index (χ4n) is 3.90. The second-order valence-electron chi connectivity index (χ2n) is 7.65. The van der Waals surface area contributed by atoms with Crippen LogP contribution >= 0.6 is 11.3 Å². The van der Waals surface area contributed by atoms with Crippen LogP contribution in [0.5, 0.6) is 0 Å². The summed E-state index contributed by atoms with van der Waals surface area (Å²) in [4.78, 5) is 20.2. The summed E-state index contributed by atoms with van der Waals surface area (Å²) < 4.78 is 1.38. The van der Waals surface area contributed by atoms with Crippen molar-refractivity contribution >= 4 is 27.3 Å². The highest BCUT2D eigenvalue weighted by Gasteiger charge is 2.20. The number of piperidine rings is 1. The predicted molar refractivity (Wildman–Crippen MR) is 115 cm³/mol. The molecular formula is C23H27N3OS. The number of carbonyl (C=O) groups excluding carboxylic acids is 1. The number of benzene rings is 1. The zero-order valence-electron chi connectivity index (χ0n) is 16.1. The largest absolute Gasteiger partial charge is 0.352 e. The molecule has 1 fully saturated rings. The molecule has 4 rings (SSSR count). The van der Waals surface area contributed by atoms with Crippen molar-refractivity contribution in [3.63, 3.8) is 0 Å². The smallest absolute Gasteiger partial charge is 0.220 e. The van der Waals surface area contributed by atoms with Gasteiger partial charge in [-0.05, 0) is 67.4 Å². The van der Waals surface area contributed by atoms with Gasteiger partial charge in [0.15, 0.2) is 0 Å². The standard InChI is InChI=1S/C23H27N3OS/c27-23(25-16-19-4-3-11-24-15-19)8-7-18-9-12-26(13-10-18)17-21-14-20-5-1-2-6-22(20)28-21/h1-6,11,14-15,18H,7-10,12-13,16-17H2,(H,25,27). The van der Waals surface area contributed by atoms with Gasteiger partial charge < -0.3 is 5.32 Å². The average molecular weight is 394 g/mol. The van der Waals surface area contributed by atoms with Crippen molar-refractivity contribution < 1.29 is 4.79 Å². The van der Waals surface area contributed by atoms with Gasteiger partial charge in [-0.15, -0.1) is 11.3 Å². The molecule has 4 nitrogen and oxygen atoms in total. The summed E-state index contributed by atoms with van der Waals surface area (Å²) in [5.41, 5.74) is 1.05. The van der Waals surface area contributed by atoms with Crippen LogP contribution in [0.15, 0.2) is 54.9 Å². The Morgan fingerprint density at radius 2 is 2.04 bits per heavy atom. The molecule has 3 heterocycles. The average Bonchev–Trinajstić information content (AvgIpc) is 3.15. The van der Waals surface area contributed by atoms with Crippen LogP contribution in [0.25, 0.3) is 10.1 Å². The number of pyridine rings is 1. The van der Waals surface area contributed by atoms with E-state index in [-0.39, 0.29) is 5.91 Å². The number of hydrogen-bond acceptors (Lipinski definition) is 4. The number of thiophene rings is 1. The van der Waals surface area contributed by atoms with Gasteiger partial charge in [0, 0.05) is 41.5 Å². The highest BCUT2D eigenvalue weighted by molar-refractivity contribution is 7.19. The van der Waals surface area contributed by atoms with Crippen LogP contribution < -0.4 is 5.32 Å². The Bertz CT molecular complexity index is 867. The van der Waals surface area contributed by atoms with Gasteiger partial charge in [-0.2, -0.15) is 0 Å². The minimum atomic E-state index is 0.150. The summed E-state index contributed by atoms with van der Waals surface area (Å²) in [5.74, 6) is 0.819. The van der Waals surface area contributed by atoms with Gasteiger partial charge in [-0.1, -0.05) is 24.3 Å². The SMILES string of the molecule is O=C(CCC1CCN(Cc2cc3ccccc3s2)CC1)NCc1cccnc1. The predicted octanol–water partition coefficient (Wildman–Crippen LogP) is 4.60. The Hall–Kier alpha value is -2.24. The number of hydrogen-bond donors (Lipinski definition) is 1. The van der Waals surface area contributed by atoms with E-state index >= 15 is 0 Å². The van der Waals surface area contributed by atoms with Gasteiger partial charge in [0.2, 0.25) is 5.91 Å². The van der Waals surface area contributed by atoms with Crippen molar-refractivity contribution in [2.45, 2.75) is 38.8 Å². The molecule has 0 bridgehead atoms. The molecule has 1 aliphatic rings. The van der Waals surface area contributed by atoms with E-state index in [4.69, 9.17) is 0 Å². The topological polar surface area (TPSA) is 45.2 Å². The Morgan fingerprint density at radius 3 is 2.82 bits per heavy atom. The van der Waals surface area contributed by atoms with E-state index < -0.39 is 0 Å². The first kappa shape index (κ1) is 19.1. The maximum absolute atomic E-state index is 12.1. The second kappa shape index (κ2) is 9.30. The minimum Gasteiger partial charge on any atom is -0.352 e. The molecule has 28 heavy (non-hydrogen) atoms. The van der Waals surface area contributed by atoms with Crippen LogP contribution in [-0.2, 0) is 17.9 Å². The molecule has 0 unspecified atom stereocenters. The lowest BCUT2D eigenvalue weighted by atomic mass is 9.92. The van der Waals surface area contributed by atoms with Crippen LogP contribution in [0.4, 0.5) is 0 Å². The number of fused-ring (bicyclic) bond motifs is 1. The third-order valence-corrected chi connectivity index (χ3v) is 6.66. The van der Waals surface area contributed by atoms with E-state index in [1.54, 1.807) is 12.4 Å². The number of nitrogens with zero attached hydrogens (tertiary/aromatic N) is 2. The Morgan fingerprint density at radius 1 is 1.18 bits per heavy atom. The lowest BCUT2D eigenvalue weighted by molar-refractivity contribution is -0.121. The fraction of sp³-hybridized carbons (Fsp3) is 0.391. The Labute approximate surface area is 170 Å². The molecule has 0 aliphatic carbocycles. The van der Waals surface area contributed by atoms with Crippen LogP contribution in [-0.4, -0.2) is 28.9 Å². The monoisotopic (exact) mass is 393 g/mol. The van der Waals surface area contributed by atoms with Crippen LogP contribution in [0.2, 0.25) is 0 Å². The summed E-state index contributed by atoms with van der Waals surface area (Å²) in [6.07, 6.45) is 7.56. The molecular weight excluding hydrogens is 366 g/mol. The maximum atomic E-state index is 12.1. The molecule has 3 aromatic rings. The van der Waals surface area contributed by atoms with Crippen molar-refractivity contribution in [3.05, 3.63) is 65.3 Å². The first-order valence-electron chi connectivity index (χ1n) is 10.1. The van der Waals surface area contributed by atoms with Gasteiger partial charge in [0.1, 0.15) is 0 Å². The van der Waals surface area contributed by atoms with Crippen LogP contribution in [0, 0.1) is 5.92 Å². The van der Waals surface area contributed by atoms with E-state index in [2.05, 4.69) is 45.5 Å². The quantitative estimate of drug-likeness (QED) is 0.638. The molecule has 2 aromatic heterocycles. The highest BCUT2D eigenvalue weighted by Crippen LogP contribution is 2.28. The summed E-state index contributed by atoms with van der Waals surface area (Å²) >= 11 is 1.91. The van der Waals surface area contributed by atoms with E-state index in [0.717, 1.165) is 31.6 Å². The third-order valence-electron chi connectivity index (χ3n) is 5.56. The Balaban J connectivity index is 1.16. The molecule has 0 atom stereocenters. The molecule has 1 aliphatic heterocycles. The van der Waals surface area contributed by atoms with Crippen molar-refractivity contribution in [2.24, 2.45) is 5.92 Å². The van der Waals surface area contributed by atoms with Gasteiger partial charge in [0.25, 0.3) is 0 Å². The first-order chi connectivity index (χ1) is 13.8. The summed E-state index contributed by atoms with van der Waals surface area (Å²) in [5, 5.41) is 4.36. The zero-order chi connectivity index (χ0) is 19.2. The molecule has 1 N–H and O–H groups in total. The fourth-order valence-corrected chi connectivity index (χ4v) is 5.00. The van der Waals surface area contributed by atoms with Gasteiger partial charge in [-0.3, -0.25) is 14.7 Å². The molecule has 0 saturated carbocycles. The lowest BCUT2D eigenvalue weighted by Crippen LogP contribution is -2.33. The normalized spacial score (nSPS) is 15.7. The van der Waals surface area contributed by atoms with Gasteiger partial charge >= 0.3 is 0 Å². The molecule has 1 saturated heterocycles.